The monoisotopic (exact) mass is 268 g/mol. The summed E-state index contributed by atoms with van der Waals surface area (Å²) in [5, 5.41) is 11.9. The van der Waals surface area contributed by atoms with Crippen LogP contribution in [0.25, 0.3) is 0 Å². The van der Waals surface area contributed by atoms with Crippen molar-refractivity contribution in [2.75, 3.05) is 6.54 Å². The lowest BCUT2D eigenvalue weighted by Gasteiger charge is -2.37. The van der Waals surface area contributed by atoms with Crippen LogP contribution in [0, 0.1) is 17.3 Å². The van der Waals surface area contributed by atoms with E-state index in [1.54, 1.807) is 0 Å². The summed E-state index contributed by atoms with van der Waals surface area (Å²) in [4.78, 5) is 23.6. The molecule has 0 radical (unpaired) electrons. The number of carboxylic acid groups (broad SMARTS) is 1. The first-order valence-corrected chi connectivity index (χ1v) is 7.22. The number of aliphatic carboxylic acids is 1. The van der Waals surface area contributed by atoms with Crippen LogP contribution < -0.4 is 11.1 Å². The summed E-state index contributed by atoms with van der Waals surface area (Å²) in [6.45, 7) is 2.49. The van der Waals surface area contributed by atoms with Gasteiger partial charge >= 0.3 is 5.97 Å². The first kappa shape index (κ1) is 14.3. The number of carbonyl (C=O) groups excluding carboxylic acids is 1. The van der Waals surface area contributed by atoms with E-state index in [1.807, 2.05) is 0 Å². The first-order valence-electron chi connectivity index (χ1n) is 7.22. The van der Waals surface area contributed by atoms with Gasteiger partial charge in [-0.15, -0.1) is 0 Å². The molecule has 5 heteroatoms. The van der Waals surface area contributed by atoms with E-state index in [4.69, 9.17) is 5.73 Å². The molecule has 19 heavy (non-hydrogen) atoms. The average Bonchev–Trinajstić information content (AvgIpc) is 3.21. The van der Waals surface area contributed by atoms with Crippen molar-refractivity contribution in [3.63, 3.8) is 0 Å². The molecule has 0 bridgehead atoms. The fourth-order valence-corrected chi connectivity index (χ4v) is 2.94. The number of nitrogens with one attached hydrogen (secondary N) is 1. The largest absolute Gasteiger partial charge is 0.480 e. The van der Waals surface area contributed by atoms with Crippen LogP contribution >= 0.6 is 0 Å². The van der Waals surface area contributed by atoms with E-state index in [0.29, 0.717) is 12.5 Å². The van der Waals surface area contributed by atoms with Gasteiger partial charge in [-0.1, -0.05) is 6.92 Å². The van der Waals surface area contributed by atoms with Gasteiger partial charge in [0.1, 0.15) is 6.04 Å². The third kappa shape index (κ3) is 3.08. The molecule has 1 amide bonds. The van der Waals surface area contributed by atoms with Gasteiger partial charge in [-0.05, 0) is 50.4 Å². The van der Waals surface area contributed by atoms with Crippen LogP contribution in [0.3, 0.4) is 0 Å². The van der Waals surface area contributed by atoms with E-state index in [2.05, 4.69) is 12.2 Å². The van der Waals surface area contributed by atoms with Crippen molar-refractivity contribution in [2.24, 2.45) is 23.0 Å². The molecule has 4 N–H and O–H groups in total. The van der Waals surface area contributed by atoms with E-state index < -0.39 is 17.4 Å². The molecule has 2 saturated carbocycles. The molecule has 0 saturated heterocycles. The maximum atomic E-state index is 12.5. The topological polar surface area (TPSA) is 92.4 Å². The third-order valence-corrected chi connectivity index (χ3v) is 4.75. The summed E-state index contributed by atoms with van der Waals surface area (Å²) >= 11 is 0. The molecule has 0 aliphatic heterocycles. The number of hydrogen-bond acceptors (Lipinski definition) is 3. The van der Waals surface area contributed by atoms with E-state index in [-0.39, 0.29) is 11.8 Å². The Labute approximate surface area is 113 Å². The van der Waals surface area contributed by atoms with Crippen molar-refractivity contribution in [2.45, 2.75) is 51.5 Å². The predicted octanol–water partition coefficient (Wildman–Crippen LogP) is 1.12. The maximum absolute atomic E-state index is 12.5. The van der Waals surface area contributed by atoms with Crippen LogP contribution in [-0.4, -0.2) is 29.6 Å². The zero-order valence-corrected chi connectivity index (χ0v) is 11.5. The van der Waals surface area contributed by atoms with Gasteiger partial charge in [-0.25, -0.2) is 4.79 Å². The van der Waals surface area contributed by atoms with Crippen molar-refractivity contribution in [3.8, 4) is 0 Å². The minimum atomic E-state index is -0.924. The summed E-state index contributed by atoms with van der Waals surface area (Å²) in [7, 11) is 0. The Morgan fingerprint density at radius 2 is 1.89 bits per heavy atom. The number of carboxylic acids is 1. The normalized spacial score (nSPS) is 32.6. The lowest BCUT2D eigenvalue weighted by molar-refractivity contribution is -0.145. The zero-order valence-electron chi connectivity index (χ0n) is 11.5. The maximum Gasteiger partial charge on any atom is 0.326 e. The van der Waals surface area contributed by atoms with E-state index >= 15 is 0 Å². The Kier molecular flexibility index (Phi) is 4.13. The van der Waals surface area contributed by atoms with Gasteiger partial charge in [0.25, 0.3) is 0 Å². The van der Waals surface area contributed by atoms with Crippen LogP contribution in [0.5, 0.6) is 0 Å². The molecule has 2 rings (SSSR count). The summed E-state index contributed by atoms with van der Waals surface area (Å²) in [5.74, 6) is -0.335. The van der Waals surface area contributed by atoms with Gasteiger partial charge in [0.2, 0.25) is 5.91 Å². The van der Waals surface area contributed by atoms with Gasteiger partial charge in [0.05, 0.1) is 5.41 Å². The molecular weight excluding hydrogens is 244 g/mol. The fourth-order valence-electron chi connectivity index (χ4n) is 2.94. The third-order valence-electron chi connectivity index (χ3n) is 4.75. The van der Waals surface area contributed by atoms with Crippen LogP contribution in [0.15, 0.2) is 0 Å². The quantitative estimate of drug-likeness (QED) is 0.696. The summed E-state index contributed by atoms with van der Waals surface area (Å²) in [6.07, 6.45) is 5.31. The van der Waals surface area contributed by atoms with Gasteiger partial charge in [0.15, 0.2) is 0 Å². The van der Waals surface area contributed by atoms with E-state index in [9.17, 15) is 14.7 Å². The molecular formula is C14H24N2O3. The minimum absolute atomic E-state index is 0.110. The second-order valence-corrected chi connectivity index (χ2v) is 6.29. The number of rotatable bonds is 5. The molecule has 0 aromatic rings. The number of hydrogen-bond donors (Lipinski definition) is 3. The van der Waals surface area contributed by atoms with Crippen molar-refractivity contribution >= 4 is 11.9 Å². The molecule has 108 valence electrons. The molecule has 1 unspecified atom stereocenters. The van der Waals surface area contributed by atoms with Gasteiger partial charge < -0.3 is 16.2 Å². The molecule has 2 aliphatic carbocycles. The van der Waals surface area contributed by atoms with E-state index in [0.717, 1.165) is 38.5 Å². The highest BCUT2D eigenvalue weighted by Crippen LogP contribution is 2.39. The number of amides is 1. The van der Waals surface area contributed by atoms with Crippen molar-refractivity contribution in [1.29, 1.82) is 0 Å². The molecule has 0 aromatic heterocycles. The molecule has 2 fully saturated rings. The highest BCUT2D eigenvalue weighted by molar-refractivity contribution is 5.88. The second-order valence-electron chi connectivity index (χ2n) is 6.29. The number of nitrogens with two attached hydrogens (primary N) is 1. The van der Waals surface area contributed by atoms with Crippen LogP contribution in [-0.2, 0) is 9.59 Å². The molecule has 5 nitrogen and oxygen atoms in total. The fraction of sp³-hybridized carbons (Fsp3) is 0.857. The molecule has 0 heterocycles. The Hall–Kier alpha value is -1.10. The van der Waals surface area contributed by atoms with Crippen LogP contribution in [0.1, 0.15) is 45.4 Å². The Bertz CT molecular complexity index is 358. The average molecular weight is 268 g/mol. The van der Waals surface area contributed by atoms with E-state index in [1.165, 1.54) is 0 Å². The predicted molar refractivity (Wildman–Crippen MR) is 71.4 cm³/mol. The smallest absolute Gasteiger partial charge is 0.326 e. The summed E-state index contributed by atoms with van der Waals surface area (Å²) < 4.78 is 0. The van der Waals surface area contributed by atoms with Crippen molar-refractivity contribution < 1.29 is 14.7 Å². The molecule has 0 spiro atoms. The first-order chi connectivity index (χ1) is 8.98. The number of carbonyl (C=O) groups is 2. The SMILES string of the molecule is CC1CCC(CN)(C(=O)NC(C(=O)O)C2CC2)CC1. The molecule has 0 aromatic carbocycles. The molecule has 1 atom stereocenters. The molecule has 2 aliphatic rings. The lowest BCUT2D eigenvalue weighted by Crippen LogP contribution is -2.53. The van der Waals surface area contributed by atoms with Crippen molar-refractivity contribution in [1.82, 2.24) is 5.32 Å². The van der Waals surface area contributed by atoms with Crippen LogP contribution in [0.2, 0.25) is 0 Å². The highest BCUT2D eigenvalue weighted by atomic mass is 16.4. The summed E-state index contributed by atoms with van der Waals surface area (Å²) in [6, 6.07) is -0.727. The standard InChI is InChI=1S/C14H24N2O3/c1-9-4-6-14(8-15,7-5-9)13(19)16-11(12(17)18)10-2-3-10/h9-11H,2-8,15H2,1H3,(H,16,19)(H,17,18). The lowest BCUT2D eigenvalue weighted by atomic mass is 9.70. The van der Waals surface area contributed by atoms with Crippen molar-refractivity contribution in [3.05, 3.63) is 0 Å². The Balaban J connectivity index is 2.02. The minimum Gasteiger partial charge on any atom is -0.480 e. The Morgan fingerprint density at radius 3 is 2.32 bits per heavy atom. The van der Waals surface area contributed by atoms with Gasteiger partial charge in [0, 0.05) is 6.54 Å². The summed E-state index contributed by atoms with van der Waals surface area (Å²) in [5.41, 5.74) is 5.27. The van der Waals surface area contributed by atoms with Gasteiger partial charge in [-0.3, -0.25) is 4.79 Å². The highest BCUT2D eigenvalue weighted by Gasteiger charge is 2.44. The Morgan fingerprint density at radius 1 is 1.32 bits per heavy atom. The second kappa shape index (κ2) is 5.49. The van der Waals surface area contributed by atoms with Crippen LogP contribution in [0.4, 0.5) is 0 Å². The zero-order chi connectivity index (χ0) is 14.0. The van der Waals surface area contributed by atoms with Gasteiger partial charge in [-0.2, -0.15) is 0 Å².